The topological polar surface area (TPSA) is 64.8 Å². The largest absolute Gasteiger partial charge is 0.507 e. The molecule has 0 amide bonds. The second-order valence-corrected chi connectivity index (χ2v) is 6.40. The van der Waals surface area contributed by atoms with Crippen molar-refractivity contribution in [3.63, 3.8) is 0 Å². The van der Waals surface area contributed by atoms with E-state index in [2.05, 4.69) is 11.2 Å². The molecule has 0 spiro atoms. The zero-order valence-electron chi connectivity index (χ0n) is 18.0. The number of methoxy groups -OCH3 is 3. The summed E-state index contributed by atoms with van der Waals surface area (Å²) in [6, 6.07) is 22.5. The molecule has 3 aromatic rings. The molecule has 0 unspecified atom stereocenters. The van der Waals surface area contributed by atoms with E-state index in [0.717, 1.165) is 0 Å². The number of aliphatic imine (C=N–C) groups is 3. The minimum absolute atomic E-state index is 0.460. The van der Waals surface area contributed by atoms with Crippen LogP contribution in [-0.2, 0) is 0 Å². The maximum Gasteiger partial charge on any atom is 0.144 e. The van der Waals surface area contributed by atoms with Crippen molar-refractivity contribution in [2.75, 3.05) is 21.3 Å². The van der Waals surface area contributed by atoms with Gasteiger partial charge in [0.05, 0.1) is 32.8 Å². The van der Waals surface area contributed by atoms with Crippen LogP contribution in [-0.4, -0.2) is 39.0 Å². The fraction of sp³-hybridized carbons (Fsp3) is 0.160. The highest BCUT2D eigenvalue weighted by molar-refractivity contribution is 6.63. The summed E-state index contributed by atoms with van der Waals surface area (Å²) in [5, 5.41) is 0. The number of nitrogens with zero attached hydrogens (tertiary/aromatic N) is 3. The van der Waals surface area contributed by atoms with Gasteiger partial charge in [-0.3, -0.25) is 4.99 Å². The number of hydrogen-bond acceptors (Lipinski definition) is 6. The molecule has 3 aromatic carbocycles. The van der Waals surface area contributed by atoms with E-state index in [1.165, 1.54) is 0 Å². The molecule has 6 heteroatoms. The summed E-state index contributed by atoms with van der Waals surface area (Å²) in [4.78, 5) is 13.9. The van der Waals surface area contributed by atoms with Gasteiger partial charge in [-0.1, -0.05) is 55.6 Å². The van der Waals surface area contributed by atoms with Crippen molar-refractivity contribution in [3.05, 3.63) is 72.8 Å². The van der Waals surface area contributed by atoms with Gasteiger partial charge in [0.2, 0.25) is 0 Å². The Morgan fingerprint density at radius 3 is 1.55 bits per heavy atom. The number of ether oxygens (including phenoxy) is 3. The average Bonchev–Trinajstić information content (AvgIpc) is 2.82. The molecule has 0 aromatic heterocycles. The van der Waals surface area contributed by atoms with Crippen LogP contribution < -0.4 is 14.2 Å². The van der Waals surface area contributed by atoms with E-state index in [-0.39, 0.29) is 0 Å². The average molecular weight is 414 g/mol. The Balaban J connectivity index is 2.08. The monoisotopic (exact) mass is 414 g/mol. The Labute approximate surface area is 182 Å². The van der Waals surface area contributed by atoms with Gasteiger partial charge in [0.1, 0.15) is 17.2 Å². The summed E-state index contributed by atoms with van der Waals surface area (Å²) in [5.74, 6) is 1.95. The summed E-state index contributed by atoms with van der Waals surface area (Å²) in [7, 11) is 4.83. The van der Waals surface area contributed by atoms with Gasteiger partial charge in [-0.15, -0.1) is 0 Å². The first-order chi connectivity index (χ1) is 15.2. The summed E-state index contributed by atoms with van der Waals surface area (Å²) in [6.07, 6.45) is 3.04. The van der Waals surface area contributed by atoms with E-state index in [1.807, 2.05) is 79.7 Å². The number of rotatable bonds is 8. The number of para-hydroxylation sites is 6. The molecule has 0 N–H and O–H groups in total. The van der Waals surface area contributed by atoms with Gasteiger partial charge in [0, 0.05) is 5.69 Å². The van der Waals surface area contributed by atoms with Crippen molar-refractivity contribution in [3.8, 4) is 17.2 Å². The van der Waals surface area contributed by atoms with Crippen molar-refractivity contribution in [1.29, 1.82) is 0 Å². The van der Waals surface area contributed by atoms with Crippen LogP contribution in [0.3, 0.4) is 0 Å². The Morgan fingerprint density at radius 2 is 1.03 bits per heavy atom. The molecule has 0 radical (unpaired) electrons. The summed E-state index contributed by atoms with van der Waals surface area (Å²) < 4.78 is 16.2. The summed E-state index contributed by atoms with van der Waals surface area (Å²) in [6.45, 7) is 1.85. The molecule has 0 aliphatic carbocycles. The molecule has 3 rings (SSSR count). The number of hydrogen-bond donors (Lipinski definition) is 0. The normalized spacial score (nSPS) is 12.1. The SMILES string of the molecule is COc1ccccc1N=[C-]C(=Nc1ccccc1OC)C(C)=Nc1ccccc1OC. The lowest BCUT2D eigenvalue weighted by Crippen LogP contribution is -2.12. The molecular weight excluding hydrogens is 390 g/mol. The Bertz CT molecular complexity index is 1120. The van der Waals surface area contributed by atoms with Crippen molar-refractivity contribution in [1.82, 2.24) is 0 Å². The molecule has 0 bridgehead atoms. The lowest BCUT2D eigenvalue weighted by atomic mass is 10.2. The standard InChI is InChI=1S/C25H24N3O3/c1-18(27-20-12-6-9-15-24(20)30-3)22(28-21-13-7-10-16-25(21)31-4)17-26-19-11-5-8-14-23(19)29-2/h5-16H,1-4H3/q-1. The molecule has 0 aliphatic heterocycles. The highest BCUT2D eigenvalue weighted by atomic mass is 16.5. The maximum absolute atomic E-state index is 5.43. The number of benzene rings is 3. The van der Waals surface area contributed by atoms with Crippen LogP contribution in [0, 0.1) is 0 Å². The first-order valence-corrected chi connectivity index (χ1v) is 9.66. The molecule has 6 nitrogen and oxygen atoms in total. The van der Waals surface area contributed by atoms with Crippen LogP contribution in [0.25, 0.3) is 0 Å². The first kappa shape index (κ1) is 21.8. The highest BCUT2D eigenvalue weighted by Crippen LogP contribution is 2.29. The van der Waals surface area contributed by atoms with E-state index < -0.39 is 0 Å². The molecular formula is C25H24N3O3-. The van der Waals surface area contributed by atoms with Gasteiger partial charge in [-0.2, -0.15) is 0 Å². The fourth-order valence-electron chi connectivity index (χ4n) is 2.82. The van der Waals surface area contributed by atoms with Crippen LogP contribution in [0.1, 0.15) is 6.92 Å². The predicted octanol–water partition coefficient (Wildman–Crippen LogP) is 5.86. The van der Waals surface area contributed by atoms with E-state index in [0.29, 0.717) is 45.7 Å². The summed E-state index contributed by atoms with van der Waals surface area (Å²) in [5.41, 5.74) is 3.06. The minimum atomic E-state index is 0.460. The third kappa shape index (κ3) is 5.57. The van der Waals surface area contributed by atoms with Gasteiger partial charge in [0.15, 0.2) is 0 Å². The van der Waals surface area contributed by atoms with Crippen LogP contribution in [0.15, 0.2) is 87.8 Å². The quantitative estimate of drug-likeness (QED) is 0.343. The zero-order chi connectivity index (χ0) is 22.1. The third-order valence-corrected chi connectivity index (χ3v) is 4.40. The molecule has 0 saturated carbocycles. The molecule has 0 fully saturated rings. The van der Waals surface area contributed by atoms with Crippen molar-refractivity contribution in [2.24, 2.45) is 15.0 Å². The lowest BCUT2D eigenvalue weighted by Gasteiger charge is -2.13. The first-order valence-electron chi connectivity index (χ1n) is 9.66. The molecule has 0 saturated heterocycles. The Kier molecular flexibility index (Phi) is 7.54. The minimum Gasteiger partial charge on any atom is -0.507 e. The van der Waals surface area contributed by atoms with Gasteiger partial charge in [0.25, 0.3) is 0 Å². The smallest absolute Gasteiger partial charge is 0.144 e. The van der Waals surface area contributed by atoms with Crippen LogP contribution in [0.2, 0.25) is 0 Å². The van der Waals surface area contributed by atoms with Crippen molar-refractivity contribution < 1.29 is 14.2 Å². The van der Waals surface area contributed by atoms with E-state index in [1.54, 1.807) is 21.3 Å². The molecule has 31 heavy (non-hydrogen) atoms. The molecule has 158 valence electrons. The second-order valence-electron chi connectivity index (χ2n) is 6.40. The van der Waals surface area contributed by atoms with E-state index in [9.17, 15) is 0 Å². The van der Waals surface area contributed by atoms with Gasteiger partial charge < -0.3 is 24.2 Å². The predicted molar refractivity (Wildman–Crippen MR) is 126 cm³/mol. The van der Waals surface area contributed by atoms with Crippen LogP contribution >= 0.6 is 0 Å². The maximum atomic E-state index is 5.43. The second kappa shape index (κ2) is 10.7. The van der Waals surface area contributed by atoms with Crippen molar-refractivity contribution >= 4 is 34.7 Å². The Hall–Kier alpha value is -3.93. The van der Waals surface area contributed by atoms with E-state index in [4.69, 9.17) is 24.2 Å². The zero-order valence-corrected chi connectivity index (χ0v) is 18.0. The van der Waals surface area contributed by atoms with Gasteiger partial charge >= 0.3 is 0 Å². The molecule has 0 heterocycles. The summed E-state index contributed by atoms with van der Waals surface area (Å²) >= 11 is 0. The molecule has 0 aliphatic rings. The van der Waals surface area contributed by atoms with Crippen LogP contribution in [0.4, 0.5) is 17.1 Å². The van der Waals surface area contributed by atoms with Gasteiger partial charge in [-0.05, 0) is 41.8 Å². The van der Waals surface area contributed by atoms with E-state index >= 15 is 0 Å². The third-order valence-electron chi connectivity index (χ3n) is 4.40. The Morgan fingerprint density at radius 1 is 0.613 bits per heavy atom. The highest BCUT2D eigenvalue weighted by Gasteiger charge is 2.04. The van der Waals surface area contributed by atoms with Gasteiger partial charge in [-0.25, -0.2) is 0 Å². The fourth-order valence-corrected chi connectivity index (χ4v) is 2.82. The van der Waals surface area contributed by atoms with Crippen molar-refractivity contribution in [2.45, 2.75) is 6.92 Å². The lowest BCUT2D eigenvalue weighted by molar-refractivity contribution is 0.416. The molecule has 0 atom stereocenters. The van der Waals surface area contributed by atoms with Crippen LogP contribution in [0.5, 0.6) is 17.2 Å².